The predicted octanol–water partition coefficient (Wildman–Crippen LogP) is 4.80. The molecule has 1 aromatic carbocycles. The number of aromatic nitrogens is 1. The lowest BCUT2D eigenvalue weighted by Gasteiger charge is -2.61. The van der Waals surface area contributed by atoms with Gasteiger partial charge in [0, 0.05) is 59.6 Å². The van der Waals surface area contributed by atoms with Crippen molar-refractivity contribution in [3.8, 4) is 0 Å². The van der Waals surface area contributed by atoms with Gasteiger partial charge in [-0.05, 0) is 80.5 Å². The first kappa shape index (κ1) is 20.5. The minimum Gasteiger partial charge on any atom is -0.334 e. The number of hydrogen-bond acceptors (Lipinski definition) is 6. The molecule has 0 unspecified atom stereocenters. The van der Waals surface area contributed by atoms with Gasteiger partial charge in [0.1, 0.15) is 0 Å². The van der Waals surface area contributed by atoms with Gasteiger partial charge in [-0.2, -0.15) is 0 Å². The Hall–Kier alpha value is -3.06. The Morgan fingerprint density at radius 1 is 0.970 bits per heavy atom. The highest BCUT2D eigenvalue weighted by Crippen LogP contribution is 2.58. The zero-order chi connectivity index (χ0) is 22.6. The van der Waals surface area contributed by atoms with Crippen LogP contribution in [0.2, 0.25) is 0 Å². The third kappa shape index (κ3) is 3.64. The average Bonchev–Trinajstić information content (AvgIpc) is 2.83. The fourth-order valence-corrected chi connectivity index (χ4v) is 7.22. The molecule has 0 radical (unpaired) electrons. The molecule has 1 aliphatic heterocycles. The van der Waals surface area contributed by atoms with Crippen LogP contribution in [-0.2, 0) is 0 Å². The molecule has 7 nitrogen and oxygen atoms in total. The van der Waals surface area contributed by atoms with E-state index < -0.39 is 0 Å². The Labute approximate surface area is 193 Å². The molecule has 0 saturated heterocycles. The van der Waals surface area contributed by atoms with Gasteiger partial charge in [-0.1, -0.05) is 0 Å². The monoisotopic (exact) mass is 444 g/mol. The summed E-state index contributed by atoms with van der Waals surface area (Å²) in [6.45, 7) is 1.36. The van der Waals surface area contributed by atoms with Crippen molar-refractivity contribution in [3.63, 3.8) is 0 Å². The lowest BCUT2D eigenvalue weighted by atomic mass is 9.52. The van der Waals surface area contributed by atoms with Gasteiger partial charge in [-0.15, -0.1) is 0 Å². The second-order valence-corrected chi connectivity index (χ2v) is 10.4. The van der Waals surface area contributed by atoms with Crippen LogP contribution >= 0.6 is 0 Å². The largest absolute Gasteiger partial charge is 0.334 e. The number of hydrogen-bond donors (Lipinski definition) is 0. The van der Waals surface area contributed by atoms with Crippen molar-refractivity contribution >= 4 is 17.2 Å². The molecule has 2 aromatic rings. The number of rotatable bonds is 5. The molecule has 4 aliphatic carbocycles. The number of benzene rings is 1. The fourth-order valence-electron chi connectivity index (χ4n) is 7.22. The van der Waals surface area contributed by atoms with Crippen molar-refractivity contribution in [1.29, 1.82) is 0 Å². The number of non-ortho nitro benzene ring substituents is 1. The SMILES string of the molecule is O=C(C1=CN(c2ccc([N+](=O)[O-])cc2)CN(C23CC4CC(CC(C4)C2)C3)C1)c1ccncc1. The van der Waals surface area contributed by atoms with Gasteiger partial charge in [0.05, 0.1) is 11.6 Å². The molecule has 0 atom stereocenters. The normalized spacial score (nSPS) is 30.8. The molecule has 2 heterocycles. The molecule has 0 spiro atoms. The van der Waals surface area contributed by atoms with E-state index in [2.05, 4.69) is 14.8 Å². The standard InChI is InChI=1S/C26H28N4O3/c31-25(21-5-7-27-8-6-21)22-15-28(23-1-3-24(4-2-23)30(32)33)17-29(16-22)26-12-18-9-19(13-26)11-20(10-18)14-26/h1-8,15,18-20H,9-14,16-17H2. The van der Waals surface area contributed by atoms with Gasteiger partial charge in [-0.3, -0.25) is 24.8 Å². The predicted molar refractivity (Wildman–Crippen MR) is 125 cm³/mol. The maximum atomic E-state index is 13.5. The van der Waals surface area contributed by atoms with E-state index in [9.17, 15) is 14.9 Å². The highest BCUT2D eigenvalue weighted by Gasteiger charge is 2.54. The van der Waals surface area contributed by atoms with E-state index in [0.717, 1.165) is 29.0 Å². The summed E-state index contributed by atoms with van der Waals surface area (Å²) in [5, 5.41) is 11.1. The highest BCUT2D eigenvalue weighted by atomic mass is 16.6. The molecule has 7 heteroatoms. The molecule has 5 aliphatic rings. The van der Waals surface area contributed by atoms with Crippen molar-refractivity contribution in [2.75, 3.05) is 18.1 Å². The van der Waals surface area contributed by atoms with Crippen LogP contribution in [0.1, 0.15) is 48.9 Å². The molecule has 7 rings (SSSR count). The average molecular weight is 445 g/mol. The molecule has 4 saturated carbocycles. The fraction of sp³-hybridized carbons (Fsp3) is 0.462. The number of nitro benzene ring substituents is 1. The molecular weight excluding hydrogens is 416 g/mol. The van der Waals surface area contributed by atoms with Crippen LogP contribution in [0.25, 0.3) is 0 Å². The van der Waals surface area contributed by atoms with Crippen LogP contribution in [0, 0.1) is 27.9 Å². The number of carbonyl (C=O) groups excluding carboxylic acids is 1. The Balaban J connectivity index is 1.36. The first-order chi connectivity index (χ1) is 16.0. The summed E-state index contributed by atoms with van der Waals surface area (Å²) in [6, 6.07) is 10.2. The van der Waals surface area contributed by atoms with Crippen molar-refractivity contribution < 1.29 is 9.72 Å². The molecule has 1 aromatic heterocycles. The number of pyridine rings is 1. The molecule has 0 N–H and O–H groups in total. The number of nitro groups is 1. The quantitative estimate of drug-likeness (QED) is 0.374. The number of ketones is 1. The molecule has 0 amide bonds. The van der Waals surface area contributed by atoms with Crippen molar-refractivity contribution in [2.24, 2.45) is 17.8 Å². The Bertz CT molecular complexity index is 1080. The molecular formula is C26H28N4O3. The van der Waals surface area contributed by atoms with Gasteiger partial charge in [0.15, 0.2) is 5.78 Å². The van der Waals surface area contributed by atoms with E-state index in [1.54, 1.807) is 36.7 Å². The van der Waals surface area contributed by atoms with Crippen LogP contribution in [0.15, 0.2) is 60.6 Å². The zero-order valence-corrected chi connectivity index (χ0v) is 18.6. The number of carbonyl (C=O) groups is 1. The Morgan fingerprint density at radius 2 is 1.58 bits per heavy atom. The van der Waals surface area contributed by atoms with E-state index in [-0.39, 0.29) is 21.9 Å². The number of nitrogens with zero attached hydrogens (tertiary/aromatic N) is 4. The minimum absolute atomic E-state index is 0.0266. The highest BCUT2D eigenvalue weighted by molar-refractivity contribution is 6.09. The van der Waals surface area contributed by atoms with Gasteiger partial charge in [0.25, 0.3) is 5.69 Å². The molecule has 4 bridgehead atoms. The van der Waals surface area contributed by atoms with E-state index in [1.165, 1.54) is 50.7 Å². The number of Topliss-reactive ketones (excluding diaryl/α,β-unsaturated/α-hetero) is 1. The van der Waals surface area contributed by atoms with Gasteiger partial charge in [0.2, 0.25) is 0 Å². The summed E-state index contributed by atoms with van der Waals surface area (Å²) in [4.78, 5) is 32.9. The Morgan fingerprint density at radius 3 is 2.15 bits per heavy atom. The third-order valence-electron chi connectivity index (χ3n) is 8.30. The van der Waals surface area contributed by atoms with E-state index in [0.29, 0.717) is 18.8 Å². The van der Waals surface area contributed by atoms with E-state index in [1.807, 2.05) is 6.20 Å². The maximum Gasteiger partial charge on any atom is 0.269 e. The van der Waals surface area contributed by atoms with Crippen molar-refractivity contribution in [3.05, 3.63) is 76.2 Å². The maximum absolute atomic E-state index is 13.5. The smallest absolute Gasteiger partial charge is 0.269 e. The first-order valence-electron chi connectivity index (χ1n) is 11.9. The van der Waals surface area contributed by atoms with Crippen molar-refractivity contribution in [1.82, 2.24) is 9.88 Å². The van der Waals surface area contributed by atoms with Crippen LogP contribution in [-0.4, -0.2) is 39.3 Å². The molecule has 4 fully saturated rings. The van der Waals surface area contributed by atoms with Crippen LogP contribution < -0.4 is 4.90 Å². The van der Waals surface area contributed by atoms with Crippen LogP contribution in [0.4, 0.5) is 11.4 Å². The number of anilines is 1. The van der Waals surface area contributed by atoms with Crippen molar-refractivity contribution in [2.45, 2.75) is 44.1 Å². The van der Waals surface area contributed by atoms with Gasteiger partial charge in [-0.25, -0.2) is 0 Å². The summed E-state index contributed by atoms with van der Waals surface area (Å²) in [5.41, 5.74) is 2.51. The van der Waals surface area contributed by atoms with E-state index >= 15 is 0 Å². The molecule has 170 valence electrons. The van der Waals surface area contributed by atoms with Gasteiger partial charge < -0.3 is 4.90 Å². The van der Waals surface area contributed by atoms with Crippen LogP contribution in [0.5, 0.6) is 0 Å². The first-order valence-corrected chi connectivity index (χ1v) is 11.9. The molecule has 33 heavy (non-hydrogen) atoms. The minimum atomic E-state index is -0.379. The van der Waals surface area contributed by atoms with Crippen LogP contribution in [0.3, 0.4) is 0 Å². The lowest BCUT2D eigenvalue weighted by Crippen LogP contribution is -2.63. The third-order valence-corrected chi connectivity index (χ3v) is 8.30. The topological polar surface area (TPSA) is 79.6 Å². The Kier molecular flexibility index (Phi) is 4.83. The summed E-state index contributed by atoms with van der Waals surface area (Å²) < 4.78 is 0. The van der Waals surface area contributed by atoms with Gasteiger partial charge >= 0.3 is 0 Å². The second kappa shape index (κ2) is 7.76. The second-order valence-electron chi connectivity index (χ2n) is 10.4. The summed E-state index contributed by atoms with van der Waals surface area (Å²) in [7, 11) is 0. The summed E-state index contributed by atoms with van der Waals surface area (Å²) in [6.07, 6.45) is 13.1. The van der Waals surface area contributed by atoms with E-state index in [4.69, 9.17) is 0 Å². The summed E-state index contributed by atoms with van der Waals surface area (Å²) in [5.74, 6) is 2.47. The summed E-state index contributed by atoms with van der Waals surface area (Å²) >= 11 is 0. The zero-order valence-electron chi connectivity index (χ0n) is 18.6. The lowest BCUT2D eigenvalue weighted by molar-refractivity contribution is -0.384.